The highest BCUT2D eigenvalue weighted by Crippen LogP contribution is 2.24. The van der Waals surface area contributed by atoms with E-state index in [1.54, 1.807) is 32.6 Å². The van der Waals surface area contributed by atoms with Gasteiger partial charge in [-0.1, -0.05) is 0 Å². The second-order valence-electron chi connectivity index (χ2n) is 6.95. The maximum Gasteiger partial charge on any atom is 0.410 e. The van der Waals surface area contributed by atoms with Gasteiger partial charge in [-0.2, -0.15) is 0 Å². The first-order valence-corrected chi connectivity index (χ1v) is 8.03. The lowest BCUT2D eigenvalue weighted by Gasteiger charge is -2.28. The Morgan fingerprint density at radius 1 is 1.24 bits per heavy atom. The van der Waals surface area contributed by atoms with Crippen LogP contribution in [0.1, 0.15) is 44.5 Å². The van der Waals surface area contributed by atoms with E-state index < -0.39 is 28.7 Å². The van der Waals surface area contributed by atoms with Crippen LogP contribution < -0.4 is 0 Å². The average Bonchev–Trinajstić information content (AvgIpc) is 2.87. The van der Waals surface area contributed by atoms with Gasteiger partial charge in [0.15, 0.2) is 0 Å². The smallest absolute Gasteiger partial charge is 0.410 e. The molecule has 2 rings (SSSR count). The van der Waals surface area contributed by atoms with Gasteiger partial charge in [0.25, 0.3) is 5.69 Å². The van der Waals surface area contributed by atoms with Crippen LogP contribution in [-0.2, 0) is 9.47 Å². The number of hydrogen-bond donors (Lipinski definition) is 0. The molecule has 25 heavy (non-hydrogen) atoms. The van der Waals surface area contributed by atoms with Gasteiger partial charge in [-0.3, -0.25) is 10.1 Å². The Balaban J connectivity index is 1.98. The number of ether oxygens (including phenoxy) is 2. The lowest BCUT2D eigenvalue weighted by molar-refractivity contribution is -0.384. The molecular formula is C17H22N2O6. The summed E-state index contributed by atoms with van der Waals surface area (Å²) in [6.07, 6.45) is -0.372. The van der Waals surface area contributed by atoms with Crippen molar-refractivity contribution >= 4 is 17.7 Å². The summed E-state index contributed by atoms with van der Waals surface area (Å²) in [5, 5.41) is 10.6. The molecule has 1 aromatic carbocycles. The van der Waals surface area contributed by atoms with Crippen molar-refractivity contribution in [3.63, 3.8) is 0 Å². The number of likely N-dealkylation sites (tertiary alicyclic amines) is 1. The van der Waals surface area contributed by atoms with Gasteiger partial charge in [-0.05, 0) is 39.8 Å². The Hall–Kier alpha value is -2.64. The zero-order chi connectivity index (χ0) is 18.8. The van der Waals surface area contributed by atoms with E-state index in [0.717, 1.165) is 0 Å². The molecule has 0 aromatic heterocycles. The van der Waals surface area contributed by atoms with Gasteiger partial charge in [-0.15, -0.1) is 0 Å². The molecule has 0 aliphatic carbocycles. The zero-order valence-corrected chi connectivity index (χ0v) is 14.7. The minimum absolute atomic E-state index is 0.0955. The standard InChI is InChI=1S/C17H22N2O6/c1-11-14(9-10-18(11)16(21)25-17(2,3)4)24-15(20)12-5-7-13(8-6-12)19(22)23/h5-8,11,14H,9-10H2,1-4H3/t11-,14+/m0/s1. The Morgan fingerprint density at radius 3 is 2.36 bits per heavy atom. The van der Waals surface area contributed by atoms with Crippen LogP contribution in [0.2, 0.25) is 0 Å². The maximum absolute atomic E-state index is 12.2. The normalized spacial score (nSPS) is 20.2. The number of carbonyl (C=O) groups is 2. The van der Waals surface area contributed by atoms with Gasteiger partial charge in [0.1, 0.15) is 11.7 Å². The first-order valence-electron chi connectivity index (χ1n) is 8.03. The third kappa shape index (κ3) is 4.68. The van der Waals surface area contributed by atoms with Crippen molar-refractivity contribution in [1.82, 2.24) is 4.90 Å². The highest BCUT2D eigenvalue weighted by atomic mass is 16.6. The molecule has 1 saturated heterocycles. The summed E-state index contributed by atoms with van der Waals surface area (Å²) < 4.78 is 10.8. The summed E-state index contributed by atoms with van der Waals surface area (Å²) in [6.45, 7) is 7.60. The number of nitro groups is 1. The number of esters is 1. The number of rotatable bonds is 3. The van der Waals surface area contributed by atoms with Gasteiger partial charge in [0.05, 0.1) is 16.5 Å². The van der Waals surface area contributed by atoms with E-state index in [4.69, 9.17) is 9.47 Å². The van der Waals surface area contributed by atoms with E-state index in [1.165, 1.54) is 24.3 Å². The molecule has 1 fully saturated rings. The molecule has 1 amide bonds. The van der Waals surface area contributed by atoms with Crippen molar-refractivity contribution in [3.8, 4) is 0 Å². The van der Waals surface area contributed by atoms with E-state index >= 15 is 0 Å². The number of nitro benzene ring substituents is 1. The number of non-ortho nitro benzene ring substituents is 1. The summed E-state index contributed by atoms with van der Waals surface area (Å²) in [5.74, 6) is -0.571. The molecule has 0 saturated carbocycles. The van der Waals surface area contributed by atoms with Crippen LogP contribution in [0.4, 0.5) is 10.5 Å². The lowest BCUT2D eigenvalue weighted by atomic mass is 10.2. The van der Waals surface area contributed by atoms with Crippen LogP contribution in [0.15, 0.2) is 24.3 Å². The average molecular weight is 350 g/mol. The summed E-state index contributed by atoms with van der Waals surface area (Å²) in [7, 11) is 0. The Kier molecular flexibility index (Phi) is 5.30. The molecule has 0 unspecified atom stereocenters. The van der Waals surface area contributed by atoms with E-state index in [2.05, 4.69) is 0 Å². The Labute approximate surface area is 145 Å². The third-order valence-electron chi connectivity index (χ3n) is 3.88. The molecule has 0 radical (unpaired) electrons. The highest BCUT2D eigenvalue weighted by molar-refractivity contribution is 5.89. The van der Waals surface area contributed by atoms with Crippen molar-refractivity contribution in [2.75, 3.05) is 6.54 Å². The molecule has 0 spiro atoms. The summed E-state index contributed by atoms with van der Waals surface area (Å²) in [5.41, 5.74) is -0.458. The van der Waals surface area contributed by atoms with Crippen LogP contribution in [0.25, 0.3) is 0 Å². The van der Waals surface area contributed by atoms with Crippen molar-refractivity contribution < 1.29 is 24.0 Å². The van der Waals surface area contributed by atoms with Crippen LogP contribution in [-0.4, -0.2) is 46.2 Å². The summed E-state index contributed by atoms with van der Waals surface area (Å²) in [4.78, 5) is 36.0. The van der Waals surface area contributed by atoms with Crippen molar-refractivity contribution in [2.24, 2.45) is 0 Å². The van der Waals surface area contributed by atoms with E-state index in [9.17, 15) is 19.7 Å². The maximum atomic E-state index is 12.2. The van der Waals surface area contributed by atoms with Crippen LogP contribution >= 0.6 is 0 Å². The third-order valence-corrected chi connectivity index (χ3v) is 3.88. The first-order chi connectivity index (χ1) is 11.6. The zero-order valence-electron chi connectivity index (χ0n) is 14.7. The Bertz CT molecular complexity index is 665. The van der Waals surface area contributed by atoms with Crippen molar-refractivity contribution in [3.05, 3.63) is 39.9 Å². The number of hydrogen-bond acceptors (Lipinski definition) is 6. The molecule has 1 aromatic rings. The van der Waals surface area contributed by atoms with Crippen LogP contribution in [0.5, 0.6) is 0 Å². The Morgan fingerprint density at radius 2 is 1.84 bits per heavy atom. The SMILES string of the molecule is C[C@H]1[C@H](OC(=O)c2ccc([N+](=O)[O-])cc2)CCN1C(=O)OC(C)(C)C. The molecule has 0 bridgehead atoms. The molecule has 8 heteroatoms. The van der Waals surface area contributed by atoms with Crippen LogP contribution in [0.3, 0.4) is 0 Å². The fourth-order valence-electron chi connectivity index (χ4n) is 2.57. The first kappa shape index (κ1) is 18.7. The fourth-order valence-corrected chi connectivity index (χ4v) is 2.57. The minimum Gasteiger partial charge on any atom is -0.457 e. The molecule has 136 valence electrons. The number of nitrogens with zero attached hydrogens (tertiary/aromatic N) is 2. The van der Waals surface area contributed by atoms with Gasteiger partial charge in [0, 0.05) is 25.1 Å². The molecule has 2 atom stereocenters. The summed E-state index contributed by atoms with van der Waals surface area (Å²) in [6, 6.07) is 4.90. The largest absolute Gasteiger partial charge is 0.457 e. The molecule has 8 nitrogen and oxygen atoms in total. The monoisotopic (exact) mass is 350 g/mol. The predicted molar refractivity (Wildman–Crippen MR) is 89.3 cm³/mol. The van der Waals surface area contributed by atoms with Crippen LogP contribution in [0, 0.1) is 10.1 Å². The number of carbonyl (C=O) groups excluding carboxylic acids is 2. The second-order valence-corrected chi connectivity index (χ2v) is 6.95. The quantitative estimate of drug-likeness (QED) is 0.472. The van der Waals surface area contributed by atoms with Gasteiger partial charge >= 0.3 is 12.1 Å². The van der Waals surface area contributed by atoms with E-state index in [1.807, 2.05) is 0 Å². The molecule has 1 aliphatic heterocycles. The van der Waals surface area contributed by atoms with Gasteiger partial charge < -0.3 is 14.4 Å². The molecule has 1 heterocycles. The van der Waals surface area contributed by atoms with E-state index in [-0.39, 0.29) is 17.3 Å². The predicted octanol–water partition coefficient (Wildman–Crippen LogP) is 3.15. The topological polar surface area (TPSA) is 99.0 Å². The molecular weight excluding hydrogens is 328 g/mol. The molecule has 1 aliphatic rings. The fraction of sp³-hybridized carbons (Fsp3) is 0.529. The van der Waals surface area contributed by atoms with Gasteiger partial charge in [0.2, 0.25) is 0 Å². The lowest BCUT2D eigenvalue weighted by Crippen LogP contribution is -2.41. The van der Waals surface area contributed by atoms with E-state index in [0.29, 0.717) is 13.0 Å². The van der Waals surface area contributed by atoms with Gasteiger partial charge in [-0.25, -0.2) is 9.59 Å². The second kappa shape index (κ2) is 7.08. The molecule has 0 N–H and O–H groups in total. The highest BCUT2D eigenvalue weighted by Gasteiger charge is 2.38. The number of benzene rings is 1. The van der Waals surface area contributed by atoms with Crippen molar-refractivity contribution in [2.45, 2.75) is 51.9 Å². The minimum atomic E-state index is -0.593. The van der Waals surface area contributed by atoms with Crippen molar-refractivity contribution in [1.29, 1.82) is 0 Å². The summed E-state index contributed by atoms with van der Waals surface area (Å²) >= 11 is 0. The number of amides is 1.